The normalized spacial score (nSPS) is 16.6. The summed E-state index contributed by atoms with van der Waals surface area (Å²) in [4.78, 5) is 28.2. The molecular weight excluding hydrogens is 396 g/mol. The van der Waals surface area contributed by atoms with Crippen molar-refractivity contribution in [1.82, 2.24) is 4.72 Å². The van der Waals surface area contributed by atoms with Crippen LogP contribution in [-0.4, -0.2) is 39.2 Å². The Balaban J connectivity index is 1.75. The molecule has 0 fully saturated rings. The molecule has 0 aliphatic carbocycles. The van der Waals surface area contributed by atoms with Gasteiger partial charge in [-0.15, -0.1) is 0 Å². The van der Waals surface area contributed by atoms with E-state index in [9.17, 15) is 18.0 Å². The first kappa shape index (κ1) is 20.5. The van der Waals surface area contributed by atoms with Crippen molar-refractivity contribution < 1.29 is 27.5 Å². The lowest BCUT2D eigenvalue weighted by atomic mass is 10.1. The van der Waals surface area contributed by atoms with Crippen molar-refractivity contribution in [2.45, 2.75) is 31.4 Å². The van der Waals surface area contributed by atoms with Crippen molar-refractivity contribution >= 4 is 27.6 Å². The van der Waals surface area contributed by atoms with E-state index in [1.54, 1.807) is 36.4 Å². The van der Waals surface area contributed by atoms with Gasteiger partial charge < -0.3 is 9.47 Å². The molecule has 0 saturated carbocycles. The molecule has 1 atom stereocenters. The summed E-state index contributed by atoms with van der Waals surface area (Å²) in [6.45, 7) is 2.84. The van der Waals surface area contributed by atoms with Crippen LogP contribution in [0.2, 0.25) is 0 Å². The first-order valence-corrected chi connectivity index (χ1v) is 10.3. The number of Topliss-reactive ketones (excluding diaryl/α,β-unsaturated/α-hetero) is 1. The highest BCUT2D eigenvalue weighted by Gasteiger charge is 2.31. The Kier molecular flexibility index (Phi) is 5.69. The van der Waals surface area contributed by atoms with Gasteiger partial charge in [0.05, 0.1) is 12.0 Å². The van der Waals surface area contributed by atoms with E-state index < -0.39 is 22.0 Å². The molecule has 0 unspecified atom stereocenters. The van der Waals surface area contributed by atoms with Gasteiger partial charge in [-0.2, -0.15) is 0 Å². The zero-order valence-corrected chi connectivity index (χ0v) is 16.9. The number of hydrogen-bond donors (Lipinski definition) is 1. The van der Waals surface area contributed by atoms with E-state index in [2.05, 4.69) is 9.71 Å². The lowest BCUT2D eigenvalue weighted by Gasteiger charge is -2.12. The first-order chi connectivity index (χ1) is 13.7. The predicted octanol–water partition coefficient (Wildman–Crippen LogP) is 2.07. The number of fused-ring (bicyclic) bond motifs is 1. The van der Waals surface area contributed by atoms with Crippen LogP contribution in [0.4, 0.5) is 0 Å². The molecule has 1 N–H and O–H groups in total. The van der Waals surface area contributed by atoms with Crippen molar-refractivity contribution in [3.05, 3.63) is 59.2 Å². The Hall–Kier alpha value is -3.20. The van der Waals surface area contributed by atoms with Crippen molar-refractivity contribution in [2.24, 2.45) is 4.99 Å². The minimum atomic E-state index is -3.68. The number of sulfonamides is 1. The number of ether oxygens (including phenoxy) is 2. The molecule has 3 rings (SSSR count). The summed E-state index contributed by atoms with van der Waals surface area (Å²) >= 11 is 0. The van der Waals surface area contributed by atoms with Crippen LogP contribution in [0, 0.1) is 0 Å². The van der Waals surface area contributed by atoms with Crippen molar-refractivity contribution in [2.75, 3.05) is 7.11 Å². The molecular formula is C20H20N2O6S. The molecule has 2 aromatic rings. The standard InChI is InChI=1S/C20H20N2O6S/c1-12(21-19-16-6-4-5-7-18(16)29(25,26)22-19)20(24)28-11-15-10-14(13(2)23)8-9-17(15)27-3/h4-10,12H,11H2,1-3H3,(H,21,22)/t12-/m0/s1. The number of carbonyl (C=O) groups excluding carboxylic acids is 2. The van der Waals surface area contributed by atoms with Gasteiger partial charge in [0.2, 0.25) is 0 Å². The number of ketones is 1. The molecule has 2 aromatic carbocycles. The number of amidine groups is 1. The quantitative estimate of drug-likeness (QED) is 0.570. The molecule has 1 aliphatic rings. The van der Waals surface area contributed by atoms with Crippen molar-refractivity contribution in [3.8, 4) is 5.75 Å². The number of carbonyl (C=O) groups is 2. The predicted molar refractivity (Wildman–Crippen MR) is 106 cm³/mol. The van der Waals surface area contributed by atoms with Crippen LogP contribution in [-0.2, 0) is 26.2 Å². The number of nitrogens with one attached hydrogen (secondary N) is 1. The van der Waals surface area contributed by atoms with Crippen LogP contribution in [0.1, 0.15) is 35.3 Å². The Morgan fingerprint density at radius 2 is 1.90 bits per heavy atom. The van der Waals surface area contributed by atoms with Crippen LogP contribution < -0.4 is 9.46 Å². The SMILES string of the molecule is COc1ccc(C(C)=O)cc1COC(=O)[C@H](C)N=C1NS(=O)(=O)c2ccccc21. The number of aliphatic imine (C=N–C) groups is 1. The largest absolute Gasteiger partial charge is 0.496 e. The number of esters is 1. The lowest BCUT2D eigenvalue weighted by molar-refractivity contribution is -0.146. The third-order valence-corrected chi connectivity index (χ3v) is 5.78. The van der Waals surface area contributed by atoms with Gasteiger partial charge in [0, 0.05) is 16.7 Å². The Morgan fingerprint density at radius 3 is 2.59 bits per heavy atom. The molecule has 0 saturated heterocycles. The van der Waals surface area contributed by atoms with E-state index in [0.717, 1.165) is 0 Å². The fourth-order valence-electron chi connectivity index (χ4n) is 2.86. The van der Waals surface area contributed by atoms with Gasteiger partial charge >= 0.3 is 5.97 Å². The number of benzene rings is 2. The minimum Gasteiger partial charge on any atom is -0.496 e. The van der Waals surface area contributed by atoms with Crippen molar-refractivity contribution in [1.29, 1.82) is 0 Å². The van der Waals surface area contributed by atoms with E-state index in [1.165, 1.54) is 27.0 Å². The first-order valence-electron chi connectivity index (χ1n) is 8.77. The maximum atomic E-state index is 12.4. The van der Waals surface area contributed by atoms with E-state index in [1.807, 2.05) is 0 Å². The maximum Gasteiger partial charge on any atom is 0.330 e. The molecule has 0 aromatic heterocycles. The van der Waals surface area contributed by atoms with E-state index in [-0.39, 0.29) is 23.1 Å². The summed E-state index contributed by atoms with van der Waals surface area (Å²) in [5.41, 5.74) is 1.42. The van der Waals surface area contributed by atoms with Gasteiger partial charge in [-0.05, 0) is 44.2 Å². The van der Waals surface area contributed by atoms with E-state index >= 15 is 0 Å². The summed E-state index contributed by atoms with van der Waals surface area (Å²) in [5.74, 6) is -0.177. The second-order valence-electron chi connectivity index (χ2n) is 6.45. The van der Waals surface area contributed by atoms with Crippen LogP contribution in [0.3, 0.4) is 0 Å². The zero-order chi connectivity index (χ0) is 21.2. The number of hydrogen-bond acceptors (Lipinski definition) is 7. The number of nitrogens with zero attached hydrogens (tertiary/aromatic N) is 1. The summed E-state index contributed by atoms with van der Waals surface area (Å²) in [5, 5.41) is 0. The van der Waals surface area contributed by atoms with Crippen molar-refractivity contribution in [3.63, 3.8) is 0 Å². The molecule has 8 nitrogen and oxygen atoms in total. The average molecular weight is 416 g/mol. The topological polar surface area (TPSA) is 111 Å². The second-order valence-corrected chi connectivity index (χ2v) is 8.10. The maximum absolute atomic E-state index is 12.4. The summed E-state index contributed by atoms with van der Waals surface area (Å²) in [7, 11) is -2.21. The van der Waals surface area contributed by atoms with Gasteiger partial charge in [0.15, 0.2) is 5.78 Å². The molecule has 152 valence electrons. The highest BCUT2D eigenvalue weighted by Crippen LogP contribution is 2.23. The lowest BCUT2D eigenvalue weighted by Crippen LogP contribution is -2.26. The summed E-state index contributed by atoms with van der Waals surface area (Å²) < 4.78 is 37.2. The van der Waals surface area contributed by atoms with Gasteiger partial charge in [-0.3, -0.25) is 14.5 Å². The van der Waals surface area contributed by atoms with Gasteiger partial charge in [-0.1, -0.05) is 12.1 Å². The molecule has 29 heavy (non-hydrogen) atoms. The highest BCUT2D eigenvalue weighted by molar-refractivity contribution is 7.90. The van der Waals surface area contributed by atoms with Crippen LogP contribution >= 0.6 is 0 Å². The van der Waals surface area contributed by atoms with E-state index in [0.29, 0.717) is 22.4 Å². The third-order valence-electron chi connectivity index (χ3n) is 4.38. The zero-order valence-electron chi connectivity index (χ0n) is 16.1. The summed E-state index contributed by atoms with van der Waals surface area (Å²) in [6, 6.07) is 10.3. The Labute approximate surface area is 168 Å². The fourth-order valence-corrected chi connectivity index (χ4v) is 4.10. The second kappa shape index (κ2) is 8.04. The molecule has 0 amide bonds. The van der Waals surface area contributed by atoms with E-state index in [4.69, 9.17) is 9.47 Å². The number of methoxy groups -OCH3 is 1. The monoisotopic (exact) mass is 416 g/mol. The minimum absolute atomic E-state index is 0.0983. The molecule has 9 heteroatoms. The van der Waals surface area contributed by atoms with Gasteiger partial charge in [0.1, 0.15) is 24.2 Å². The fraction of sp³-hybridized carbons (Fsp3) is 0.250. The average Bonchev–Trinajstić information content (AvgIpc) is 2.96. The number of rotatable bonds is 6. The third kappa shape index (κ3) is 4.29. The van der Waals surface area contributed by atoms with Gasteiger partial charge in [-0.25, -0.2) is 13.2 Å². The highest BCUT2D eigenvalue weighted by atomic mass is 32.2. The Bertz CT molecular complexity index is 1110. The Morgan fingerprint density at radius 1 is 1.17 bits per heavy atom. The molecule has 0 bridgehead atoms. The van der Waals surface area contributed by atoms with Crippen LogP contribution in [0.25, 0.3) is 0 Å². The summed E-state index contributed by atoms with van der Waals surface area (Å²) in [6.07, 6.45) is 0. The van der Waals surface area contributed by atoms with Crippen LogP contribution in [0.5, 0.6) is 5.75 Å². The molecule has 0 spiro atoms. The smallest absolute Gasteiger partial charge is 0.330 e. The van der Waals surface area contributed by atoms with Gasteiger partial charge in [0.25, 0.3) is 10.0 Å². The molecule has 0 radical (unpaired) electrons. The molecule has 1 heterocycles. The molecule has 1 aliphatic heterocycles. The van der Waals surface area contributed by atoms with Crippen LogP contribution in [0.15, 0.2) is 52.4 Å².